The quantitative estimate of drug-likeness (QED) is 0.459. The second kappa shape index (κ2) is 8.54. The van der Waals surface area contributed by atoms with Crippen LogP contribution in [0.2, 0.25) is 0 Å². The molecule has 2 rings (SSSR count). The number of nitriles is 1. The predicted octanol–water partition coefficient (Wildman–Crippen LogP) is 3.97. The van der Waals surface area contributed by atoms with E-state index in [0.29, 0.717) is 12.2 Å². The number of rotatable bonds is 6. The SMILES string of the molecule is CCOC(=O)/C(C#N)=C(\c1ccccc1)c1ccc(OCC)cc1. The molecule has 0 saturated carbocycles. The van der Waals surface area contributed by atoms with Crippen molar-refractivity contribution in [2.75, 3.05) is 13.2 Å². The van der Waals surface area contributed by atoms with E-state index in [0.717, 1.165) is 16.9 Å². The van der Waals surface area contributed by atoms with Crippen LogP contribution in [-0.4, -0.2) is 19.2 Å². The van der Waals surface area contributed by atoms with Gasteiger partial charge in [-0.15, -0.1) is 0 Å². The Kier molecular flexibility index (Phi) is 6.16. The molecule has 4 nitrogen and oxygen atoms in total. The molecule has 2 aromatic rings. The summed E-state index contributed by atoms with van der Waals surface area (Å²) in [6, 6.07) is 18.7. The molecule has 0 fully saturated rings. The molecule has 0 radical (unpaired) electrons. The second-order valence-electron chi connectivity index (χ2n) is 4.91. The van der Waals surface area contributed by atoms with Gasteiger partial charge in [0.2, 0.25) is 0 Å². The van der Waals surface area contributed by atoms with E-state index < -0.39 is 5.97 Å². The standard InChI is InChI=1S/C20H19NO3/c1-3-23-17-12-10-16(11-13-17)19(15-8-6-5-7-9-15)18(14-21)20(22)24-4-2/h5-13H,3-4H2,1-2H3/b19-18+. The van der Waals surface area contributed by atoms with Gasteiger partial charge in [-0.1, -0.05) is 42.5 Å². The Hall–Kier alpha value is -3.06. The van der Waals surface area contributed by atoms with Crippen LogP contribution in [0.25, 0.3) is 5.57 Å². The second-order valence-corrected chi connectivity index (χ2v) is 4.91. The number of benzene rings is 2. The van der Waals surface area contributed by atoms with Gasteiger partial charge in [0.1, 0.15) is 17.4 Å². The lowest BCUT2D eigenvalue weighted by molar-refractivity contribution is -0.137. The van der Waals surface area contributed by atoms with Crippen LogP contribution < -0.4 is 4.74 Å². The van der Waals surface area contributed by atoms with Gasteiger partial charge >= 0.3 is 5.97 Å². The molecule has 0 bridgehead atoms. The van der Waals surface area contributed by atoms with Gasteiger partial charge in [-0.3, -0.25) is 0 Å². The highest BCUT2D eigenvalue weighted by Crippen LogP contribution is 2.29. The van der Waals surface area contributed by atoms with E-state index in [2.05, 4.69) is 0 Å². The summed E-state index contributed by atoms with van der Waals surface area (Å²) < 4.78 is 10.5. The topological polar surface area (TPSA) is 59.3 Å². The maximum Gasteiger partial charge on any atom is 0.349 e. The highest BCUT2D eigenvalue weighted by Gasteiger charge is 2.19. The average molecular weight is 321 g/mol. The van der Waals surface area contributed by atoms with E-state index >= 15 is 0 Å². The van der Waals surface area contributed by atoms with Crippen molar-refractivity contribution in [3.05, 3.63) is 71.3 Å². The summed E-state index contributed by atoms with van der Waals surface area (Å²) in [4.78, 5) is 12.2. The van der Waals surface area contributed by atoms with E-state index in [-0.39, 0.29) is 12.2 Å². The molecule has 0 saturated heterocycles. The van der Waals surface area contributed by atoms with Gasteiger partial charge in [-0.25, -0.2) is 4.79 Å². The molecular weight excluding hydrogens is 302 g/mol. The summed E-state index contributed by atoms with van der Waals surface area (Å²) in [6.45, 7) is 4.42. The van der Waals surface area contributed by atoms with Crippen molar-refractivity contribution >= 4 is 11.5 Å². The maximum absolute atomic E-state index is 12.2. The molecule has 0 aliphatic heterocycles. The molecule has 0 aliphatic carbocycles. The zero-order chi connectivity index (χ0) is 17.4. The lowest BCUT2D eigenvalue weighted by Crippen LogP contribution is -2.09. The molecule has 0 heterocycles. The van der Waals surface area contributed by atoms with E-state index in [4.69, 9.17) is 9.47 Å². The van der Waals surface area contributed by atoms with Crippen LogP contribution >= 0.6 is 0 Å². The Morgan fingerprint density at radius 1 is 0.958 bits per heavy atom. The van der Waals surface area contributed by atoms with Crippen molar-refractivity contribution < 1.29 is 14.3 Å². The maximum atomic E-state index is 12.2. The third-order valence-corrected chi connectivity index (χ3v) is 3.36. The minimum Gasteiger partial charge on any atom is -0.494 e. The van der Waals surface area contributed by atoms with Gasteiger partial charge in [0.15, 0.2) is 0 Å². The number of carbonyl (C=O) groups excluding carboxylic acids is 1. The van der Waals surface area contributed by atoms with Crippen molar-refractivity contribution in [3.8, 4) is 11.8 Å². The molecule has 0 amide bonds. The van der Waals surface area contributed by atoms with Crippen LogP contribution in [0.5, 0.6) is 5.75 Å². The molecule has 0 aliphatic rings. The van der Waals surface area contributed by atoms with Crippen LogP contribution in [0.1, 0.15) is 25.0 Å². The molecule has 0 spiro atoms. The van der Waals surface area contributed by atoms with E-state index in [1.54, 1.807) is 6.92 Å². The van der Waals surface area contributed by atoms with Gasteiger partial charge in [-0.05, 0) is 37.1 Å². The Labute approximate surface area is 141 Å². The minimum absolute atomic E-state index is 0.00721. The van der Waals surface area contributed by atoms with Gasteiger partial charge in [0, 0.05) is 5.57 Å². The largest absolute Gasteiger partial charge is 0.494 e. The average Bonchev–Trinajstić information content (AvgIpc) is 2.61. The zero-order valence-electron chi connectivity index (χ0n) is 13.8. The van der Waals surface area contributed by atoms with Crippen molar-refractivity contribution in [1.82, 2.24) is 0 Å². The third-order valence-electron chi connectivity index (χ3n) is 3.36. The van der Waals surface area contributed by atoms with Crippen LogP contribution in [0.3, 0.4) is 0 Å². The van der Waals surface area contributed by atoms with E-state index in [1.165, 1.54) is 0 Å². The van der Waals surface area contributed by atoms with E-state index in [1.807, 2.05) is 67.6 Å². The number of hydrogen-bond donors (Lipinski definition) is 0. The summed E-state index contributed by atoms with van der Waals surface area (Å²) >= 11 is 0. The molecule has 24 heavy (non-hydrogen) atoms. The number of nitrogens with zero attached hydrogens (tertiary/aromatic N) is 1. The van der Waals surface area contributed by atoms with Crippen molar-refractivity contribution in [3.63, 3.8) is 0 Å². The third kappa shape index (κ3) is 4.02. The van der Waals surface area contributed by atoms with Gasteiger partial charge < -0.3 is 9.47 Å². The number of carbonyl (C=O) groups is 1. The summed E-state index contributed by atoms with van der Waals surface area (Å²) in [6.07, 6.45) is 0. The molecule has 0 atom stereocenters. The first-order valence-corrected chi connectivity index (χ1v) is 7.81. The van der Waals surface area contributed by atoms with Crippen LogP contribution in [0, 0.1) is 11.3 Å². The molecule has 0 unspecified atom stereocenters. The first kappa shape index (κ1) is 17.3. The fourth-order valence-corrected chi connectivity index (χ4v) is 2.35. The Morgan fingerprint density at radius 3 is 2.12 bits per heavy atom. The normalized spacial score (nSPS) is 11.2. The highest BCUT2D eigenvalue weighted by molar-refractivity contribution is 6.05. The smallest absolute Gasteiger partial charge is 0.349 e. The van der Waals surface area contributed by atoms with Crippen LogP contribution in [-0.2, 0) is 9.53 Å². The molecule has 122 valence electrons. The summed E-state index contributed by atoms with van der Waals surface area (Å²) in [7, 11) is 0. The van der Waals surface area contributed by atoms with E-state index in [9.17, 15) is 10.1 Å². The lowest BCUT2D eigenvalue weighted by Gasteiger charge is -2.12. The molecular formula is C20H19NO3. The van der Waals surface area contributed by atoms with Gasteiger partial charge in [0.25, 0.3) is 0 Å². The first-order valence-electron chi connectivity index (χ1n) is 7.81. The molecule has 2 aromatic carbocycles. The van der Waals surface area contributed by atoms with Crippen molar-refractivity contribution in [1.29, 1.82) is 5.26 Å². The van der Waals surface area contributed by atoms with Crippen LogP contribution in [0.15, 0.2) is 60.2 Å². The van der Waals surface area contributed by atoms with Gasteiger partial charge in [-0.2, -0.15) is 5.26 Å². The van der Waals surface area contributed by atoms with Crippen molar-refractivity contribution in [2.24, 2.45) is 0 Å². The minimum atomic E-state index is -0.618. The first-order chi connectivity index (χ1) is 11.7. The zero-order valence-corrected chi connectivity index (χ0v) is 13.8. The summed E-state index contributed by atoms with van der Waals surface area (Å²) in [5.74, 6) is 0.121. The van der Waals surface area contributed by atoms with Gasteiger partial charge in [0.05, 0.1) is 13.2 Å². The monoisotopic (exact) mass is 321 g/mol. The number of ether oxygens (including phenoxy) is 2. The Balaban J connectivity index is 2.59. The fraction of sp³-hybridized carbons (Fsp3) is 0.200. The predicted molar refractivity (Wildman–Crippen MR) is 92.3 cm³/mol. The summed E-state index contributed by atoms with van der Waals surface area (Å²) in [5.41, 5.74) is 2.09. The van der Waals surface area contributed by atoms with Crippen molar-refractivity contribution in [2.45, 2.75) is 13.8 Å². The molecule has 4 heteroatoms. The Morgan fingerprint density at radius 2 is 1.58 bits per heavy atom. The van der Waals surface area contributed by atoms with Crippen LogP contribution in [0.4, 0.5) is 0 Å². The lowest BCUT2D eigenvalue weighted by atomic mass is 9.93. The summed E-state index contributed by atoms with van der Waals surface area (Å²) in [5, 5.41) is 9.52. The number of esters is 1. The fourth-order valence-electron chi connectivity index (χ4n) is 2.35. The Bertz CT molecular complexity index is 756. The molecule has 0 N–H and O–H groups in total. The highest BCUT2D eigenvalue weighted by atomic mass is 16.5. The number of hydrogen-bond acceptors (Lipinski definition) is 4. The molecule has 0 aromatic heterocycles.